The smallest absolute Gasteiger partial charge is 0.415 e. The van der Waals surface area contributed by atoms with E-state index in [1.54, 1.807) is 16.2 Å². The maximum Gasteiger partial charge on any atom is 0.415 e. The molecule has 0 N–H and O–H groups in total. The summed E-state index contributed by atoms with van der Waals surface area (Å²) >= 11 is 8.00. The average molecular weight is 517 g/mol. The number of halogens is 1. The minimum atomic E-state index is -0.601. The van der Waals surface area contributed by atoms with Crippen LogP contribution in [-0.4, -0.2) is 29.1 Å². The summed E-state index contributed by atoms with van der Waals surface area (Å²) in [6.07, 6.45) is 0.439. The van der Waals surface area contributed by atoms with Gasteiger partial charge in [-0.1, -0.05) is 6.07 Å². The van der Waals surface area contributed by atoms with Crippen LogP contribution in [0, 0.1) is 0 Å². The van der Waals surface area contributed by atoms with Gasteiger partial charge in [-0.05, 0) is 66.1 Å². The van der Waals surface area contributed by atoms with Crippen molar-refractivity contribution in [3.8, 4) is 0 Å². The van der Waals surface area contributed by atoms with E-state index in [0.29, 0.717) is 19.4 Å². The molecule has 0 saturated carbocycles. The van der Waals surface area contributed by atoms with Crippen LogP contribution in [0.5, 0.6) is 0 Å². The van der Waals surface area contributed by atoms with E-state index < -0.39 is 11.7 Å². The lowest BCUT2D eigenvalue weighted by Gasteiger charge is -2.26. The van der Waals surface area contributed by atoms with Crippen molar-refractivity contribution < 1.29 is 19.1 Å². The van der Waals surface area contributed by atoms with Crippen LogP contribution in [0.3, 0.4) is 0 Å². The number of amides is 1. The quantitative estimate of drug-likeness (QED) is 0.363. The molecule has 29 heavy (non-hydrogen) atoms. The van der Waals surface area contributed by atoms with E-state index in [-0.39, 0.29) is 5.97 Å². The number of carbonyl (C=O) groups excluding carboxylic acids is 2. The number of nitrogens with zero attached hydrogens (tertiary/aromatic N) is 2. The van der Waals surface area contributed by atoms with Gasteiger partial charge < -0.3 is 9.47 Å². The predicted octanol–water partition coefficient (Wildman–Crippen LogP) is 6.23. The number of ether oxygens (including phenoxy) is 2. The molecule has 6 nitrogen and oxygen atoms in total. The number of esters is 1. The molecule has 0 aliphatic rings. The van der Waals surface area contributed by atoms with E-state index in [4.69, 9.17) is 9.47 Å². The number of aromatic nitrogens is 1. The van der Waals surface area contributed by atoms with E-state index in [1.807, 2.05) is 38.3 Å². The minimum absolute atomic E-state index is 0.256. The SMILES string of the molecule is COC(=O)CCc1sc2c(N(Cc3cccs3)C(=O)OC(C)(C)C)snc2c1Br. The molecule has 1 amide bonds. The molecule has 0 spiro atoms. The summed E-state index contributed by atoms with van der Waals surface area (Å²) in [5.74, 6) is -0.256. The van der Waals surface area contributed by atoms with Gasteiger partial charge in [-0.25, -0.2) is 4.79 Å². The topological polar surface area (TPSA) is 68.7 Å². The third-order valence-corrected chi connectivity index (χ3v) is 8.07. The summed E-state index contributed by atoms with van der Waals surface area (Å²) in [7, 11) is 1.38. The van der Waals surface area contributed by atoms with E-state index in [0.717, 1.165) is 29.4 Å². The molecule has 3 heterocycles. The monoisotopic (exact) mass is 516 g/mol. The molecule has 0 aliphatic heterocycles. The van der Waals surface area contributed by atoms with E-state index in [2.05, 4.69) is 20.3 Å². The van der Waals surface area contributed by atoms with Crippen LogP contribution in [-0.2, 0) is 27.2 Å². The third kappa shape index (κ3) is 5.36. The molecular formula is C19H21BrN2O4S3. The Morgan fingerprint density at radius 1 is 1.31 bits per heavy atom. The number of anilines is 1. The highest BCUT2D eigenvalue weighted by Gasteiger charge is 2.29. The normalized spacial score (nSPS) is 11.6. The lowest BCUT2D eigenvalue weighted by Crippen LogP contribution is -2.36. The highest BCUT2D eigenvalue weighted by Crippen LogP contribution is 2.44. The Hall–Kier alpha value is -1.49. The molecule has 0 aliphatic carbocycles. The van der Waals surface area contributed by atoms with E-state index in [9.17, 15) is 9.59 Å². The molecule has 0 aromatic carbocycles. The maximum absolute atomic E-state index is 13.0. The zero-order chi connectivity index (χ0) is 21.2. The van der Waals surface area contributed by atoms with Crippen LogP contribution < -0.4 is 4.90 Å². The Balaban J connectivity index is 1.96. The first kappa shape index (κ1) is 22.2. The largest absolute Gasteiger partial charge is 0.469 e. The first-order chi connectivity index (χ1) is 13.7. The highest BCUT2D eigenvalue weighted by molar-refractivity contribution is 9.10. The second-order valence-electron chi connectivity index (χ2n) is 7.23. The molecule has 156 valence electrons. The molecule has 0 unspecified atom stereocenters. The van der Waals surface area contributed by atoms with E-state index >= 15 is 0 Å². The lowest BCUT2D eigenvalue weighted by atomic mass is 10.2. The van der Waals surface area contributed by atoms with Crippen molar-refractivity contribution in [3.05, 3.63) is 31.7 Å². The van der Waals surface area contributed by atoms with Gasteiger partial charge in [-0.2, -0.15) is 4.37 Å². The molecule has 3 aromatic heterocycles. The van der Waals surface area contributed by atoms with Crippen LogP contribution in [0.2, 0.25) is 0 Å². The number of aryl methyl sites for hydroxylation is 1. The van der Waals surface area contributed by atoms with Gasteiger partial charge in [0.05, 0.1) is 29.2 Å². The van der Waals surface area contributed by atoms with Crippen molar-refractivity contribution in [2.24, 2.45) is 0 Å². The zero-order valence-corrected chi connectivity index (χ0v) is 20.5. The van der Waals surface area contributed by atoms with E-state index in [1.165, 1.54) is 30.0 Å². The molecule has 3 aromatic rings. The summed E-state index contributed by atoms with van der Waals surface area (Å²) in [6, 6.07) is 3.95. The second kappa shape index (κ2) is 9.11. The molecule has 0 saturated heterocycles. The Labute approximate surface area is 189 Å². The Kier molecular flexibility index (Phi) is 6.98. The summed E-state index contributed by atoms with van der Waals surface area (Å²) in [5, 5.41) is 2.73. The second-order valence-corrected chi connectivity index (χ2v) is 10.9. The molecular weight excluding hydrogens is 496 g/mol. The number of thiophene rings is 2. The zero-order valence-electron chi connectivity index (χ0n) is 16.5. The van der Waals surface area contributed by atoms with Crippen LogP contribution in [0.15, 0.2) is 22.0 Å². The highest BCUT2D eigenvalue weighted by atomic mass is 79.9. The summed E-state index contributed by atoms with van der Waals surface area (Å²) < 4.78 is 16.7. The van der Waals surface area contributed by atoms with Crippen molar-refractivity contribution in [1.29, 1.82) is 0 Å². The lowest BCUT2D eigenvalue weighted by molar-refractivity contribution is -0.140. The molecule has 0 atom stereocenters. The number of fused-ring (bicyclic) bond motifs is 1. The average Bonchev–Trinajstić information content (AvgIpc) is 3.35. The molecule has 3 rings (SSSR count). The summed E-state index contributed by atoms with van der Waals surface area (Å²) in [4.78, 5) is 28.2. The Bertz CT molecular complexity index is 1000. The first-order valence-corrected chi connectivity index (χ1v) is 12.1. The summed E-state index contributed by atoms with van der Waals surface area (Å²) in [5.41, 5.74) is 0.200. The number of hydrogen-bond donors (Lipinski definition) is 0. The Morgan fingerprint density at radius 3 is 2.69 bits per heavy atom. The predicted molar refractivity (Wildman–Crippen MR) is 122 cm³/mol. The number of rotatable bonds is 6. The Morgan fingerprint density at radius 2 is 2.07 bits per heavy atom. The van der Waals surface area contributed by atoms with Crippen molar-refractivity contribution >= 4 is 77.4 Å². The van der Waals surface area contributed by atoms with Gasteiger partial charge in [-0.15, -0.1) is 22.7 Å². The molecule has 0 radical (unpaired) electrons. The van der Waals surface area contributed by atoms with Gasteiger partial charge >= 0.3 is 12.1 Å². The molecule has 10 heteroatoms. The van der Waals surface area contributed by atoms with Crippen LogP contribution in [0.4, 0.5) is 9.80 Å². The van der Waals surface area contributed by atoms with Crippen LogP contribution >= 0.6 is 50.1 Å². The fraction of sp³-hybridized carbons (Fsp3) is 0.421. The van der Waals surface area contributed by atoms with Crippen LogP contribution in [0.1, 0.15) is 36.9 Å². The van der Waals surface area contributed by atoms with Crippen molar-refractivity contribution in [1.82, 2.24) is 4.37 Å². The fourth-order valence-electron chi connectivity index (χ4n) is 2.55. The number of carbonyl (C=O) groups is 2. The van der Waals surface area contributed by atoms with Crippen molar-refractivity contribution in [2.45, 2.75) is 45.8 Å². The minimum Gasteiger partial charge on any atom is -0.469 e. The maximum atomic E-state index is 13.0. The van der Waals surface area contributed by atoms with Gasteiger partial charge in [-0.3, -0.25) is 9.69 Å². The van der Waals surface area contributed by atoms with Crippen molar-refractivity contribution in [2.75, 3.05) is 12.0 Å². The molecule has 0 fully saturated rings. The fourth-order valence-corrected chi connectivity index (χ4v) is 6.37. The van der Waals surface area contributed by atoms with Crippen molar-refractivity contribution in [3.63, 3.8) is 0 Å². The summed E-state index contributed by atoms with van der Waals surface area (Å²) in [6.45, 7) is 5.96. The van der Waals surface area contributed by atoms with Gasteiger partial charge in [0.1, 0.15) is 16.1 Å². The number of hydrogen-bond acceptors (Lipinski definition) is 8. The number of methoxy groups -OCH3 is 1. The third-order valence-electron chi connectivity index (χ3n) is 3.85. The standard InChI is InChI=1S/C19H21BrN2O4S3/c1-19(2,3)26-18(24)22(10-11-6-5-9-27-11)17-16-15(21-29-17)14(20)12(28-16)7-8-13(23)25-4/h5-6,9H,7-8,10H2,1-4H3. The van der Waals surface area contributed by atoms with Gasteiger partial charge in [0.15, 0.2) is 0 Å². The molecule has 0 bridgehead atoms. The van der Waals surface area contributed by atoms with Gasteiger partial charge in [0.25, 0.3) is 0 Å². The first-order valence-electron chi connectivity index (χ1n) is 8.86. The van der Waals surface area contributed by atoms with Gasteiger partial charge in [0, 0.05) is 9.75 Å². The van der Waals surface area contributed by atoms with Gasteiger partial charge in [0.2, 0.25) is 0 Å². The van der Waals surface area contributed by atoms with Crippen LogP contribution in [0.25, 0.3) is 10.2 Å².